The van der Waals surface area contributed by atoms with E-state index in [4.69, 9.17) is 9.47 Å². The molecule has 0 aliphatic carbocycles. The van der Waals surface area contributed by atoms with E-state index in [0.29, 0.717) is 19.6 Å². The third-order valence-electron chi connectivity index (χ3n) is 3.35. The topological polar surface area (TPSA) is 55.8 Å². The molecular weight excluding hydrogens is 210 g/mol. The van der Waals surface area contributed by atoms with Crippen molar-refractivity contribution in [2.75, 3.05) is 33.4 Å². The summed E-state index contributed by atoms with van der Waals surface area (Å²) >= 11 is 0. The van der Waals surface area contributed by atoms with Crippen molar-refractivity contribution in [2.45, 2.75) is 24.9 Å². The minimum Gasteiger partial charge on any atom is -0.375 e. The fourth-order valence-electron chi connectivity index (χ4n) is 2.39. The summed E-state index contributed by atoms with van der Waals surface area (Å²) in [5.41, 5.74) is -0.580. The van der Waals surface area contributed by atoms with Crippen LogP contribution < -0.4 is 0 Å². The third kappa shape index (κ3) is 1.97. The maximum absolute atomic E-state index is 12.0. The van der Waals surface area contributed by atoms with Crippen LogP contribution >= 0.6 is 0 Å². The highest BCUT2D eigenvalue weighted by molar-refractivity contribution is 5.93. The molecule has 1 spiro atoms. The zero-order chi connectivity index (χ0) is 11.6. The highest BCUT2D eigenvalue weighted by atomic mass is 16.5. The second-order valence-corrected chi connectivity index (χ2v) is 4.37. The molecule has 0 aromatic rings. The number of carbonyl (C=O) groups excluding carboxylic acids is 2. The van der Waals surface area contributed by atoms with Gasteiger partial charge in [0.15, 0.2) is 5.78 Å². The first kappa shape index (κ1) is 11.5. The first-order valence-corrected chi connectivity index (χ1v) is 5.62. The Labute approximate surface area is 94.7 Å². The van der Waals surface area contributed by atoms with Gasteiger partial charge in [-0.1, -0.05) is 0 Å². The van der Waals surface area contributed by atoms with Crippen molar-refractivity contribution < 1.29 is 19.1 Å². The van der Waals surface area contributed by atoms with Gasteiger partial charge >= 0.3 is 0 Å². The molecule has 2 rings (SSSR count). The highest BCUT2D eigenvalue weighted by Gasteiger charge is 2.46. The molecule has 2 saturated heterocycles. The molecule has 1 atom stereocenters. The molecule has 2 aliphatic heterocycles. The van der Waals surface area contributed by atoms with E-state index >= 15 is 0 Å². The Morgan fingerprint density at radius 3 is 2.94 bits per heavy atom. The second kappa shape index (κ2) is 4.51. The smallest absolute Gasteiger partial charge is 0.248 e. The summed E-state index contributed by atoms with van der Waals surface area (Å²) in [6.07, 6.45) is 2.37. The lowest BCUT2D eigenvalue weighted by molar-refractivity contribution is -0.154. The van der Waals surface area contributed by atoms with E-state index in [0.717, 1.165) is 12.8 Å². The number of rotatable bonds is 2. The SMILES string of the molecule is COCC(=O)N1CC[C@@]2(CCCO2)C(=O)C1. The molecule has 0 N–H and O–H groups in total. The zero-order valence-corrected chi connectivity index (χ0v) is 9.53. The Kier molecular flexibility index (Phi) is 3.25. The van der Waals surface area contributed by atoms with Crippen LogP contribution in [0.25, 0.3) is 0 Å². The van der Waals surface area contributed by atoms with Crippen molar-refractivity contribution in [3.63, 3.8) is 0 Å². The number of piperidine rings is 1. The van der Waals surface area contributed by atoms with Crippen molar-refractivity contribution in [3.05, 3.63) is 0 Å². The molecule has 2 aliphatic rings. The van der Waals surface area contributed by atoms with Crippen LogP contribution in [-0.4, -0.2) is 55.6 Å². The minimum atomic E-state index is -0.580. The molecular formula is C11H17NO4. The first-order valence-electron chi connectivity index (χ1n) is 5.62. The van der Waals surface area contributed by atoms with Gasteiger partial charge in [-0.25, -0.2) is 0 Å². The summed E-state index contributed by atoms with van der Waals surface area (Å²) in [5.74, 6) is -0.0793. The average molecular weight is 227 g/mol. The maximum atomic E-state index is 12.0. The molecule has 0 aromatic heterocycles. The van der Waals surface area contributed by atoms with Gasteiger partial charge in [-0.05, 0) is 12.8 Å². The second-order valence-electron chi connectivity index (χ2n) is 4.37. The van der Waals surface area contributed by atoms with E-state index in [9.17, 15) is 9.59 Å². The van der Waals surface area contributed by atoms with E-state index in [1.807, 2.05) is 0 Å². The van der Waals surface area contributed by atoms with Gasteiger partial charge in [-0.15, -0.1) is 0 Å². The molecule has 90 valence electrons. The molecule has 0 radical (unpaired) electrons. The zero-order valence-electron chi connectivity index (χ0n) is 9.53. The van der Waals surface area contributed by atoms with E-state index in [1.165, 1.54) is 7.11 Å². The molecule has 0 saturated carbocycles. The molecule has 5 nitrogen and oxygen atoms in total. The van der Waals surface area contributed by atoms with Crippen molar-refractivity contribution in [1.82, 2.24) is 4.90 Å². The van der Waals surface area contributed by atoms with Gasteiger partial charge in [0.2, 0.25) is 5.91 Å². The Hall–Kier alpha value is -0.940. The van der Waals surface area contributed by atoms with Crippen LogP contribution in [0.4, 0.5) is 0 Å². The van der Waals surface area contributed by atoms with Gasteiger partial charge in [0, 0.05) is 26.7 Å². The van der Waals surface area contributed by atoms with E-state index in [2.05, 4.69) is 0 Å². The van der Waals surface area contributed by atoms with Gasteiger partial charge in [-0.3, -0.25) is 9.59 Å². The standard InChI is InChI=1S/C11H17NO4/c1-15-8-10(14)12-5-4-11(9(13)7-12)3-2-6-16-11/h2-8H2,1H3/t11-/m0/s1. The van der Waals surface area contributed by atoms with Gasteiger partial charge < -0.3 is 14.4 Å². The fraction of sp³-hybridized carbons (Fsp3) is 0.818. The van der Waals surface area contributed by atoms with E-state index in [1.54, 1.807) is 4.90 Å². The molecule has 1 amide bonds. The molecule has 0 bridgehead atoms. The van der Waals surface area contributed by atoms with Crippen molar-refractivity contribution >= 4 is 11.7 Å². The average Bonchev–Trinajstić information content (AvgIpc) is 2.72. The normalized spacial score (nSPS) is 30.1. The lowest BCUT2D eigenvalue weighted by atomic mass is 9.87. The monoisotopic (exact) mass is 227 g/mol. The van der Waals surface area contributed by atoms with Crippen LogP contribution in [0.1, 0.15) is 19.3 Å². The Morgan fingerprint density at radius 1 is 1.56 bits per heavy atom. The van der Waals surface area contributed by atoms with Crippen LogP contribution in [-0.2, 0) is 19.1 Å². The molecule has 2 heterocycles. The predicted octanol–water partition coefficient (Wildman–Crippen LogP) is -0.0166. The van der Waals surface area contributed by atoms with Crippen LogP contribution in [0, 0.1) is 0 Å². The van der Waals surface area contributed by atoms with Crippen LogP contribution in [0.5, 0.6) is 0 Å². The van der Waals surface area contributed by atoms with Crippen LogP contribution in [0.15, 0.2) is 0 Å². The Bertz CT molecular complexity index is 296. The summed E-state index contributed by atoms with van der Waals surface area (Å²) < 4.78 is 10.3. The van der Waals surface area contributed by atoms with Crippen molar-refractivity contribution in [2.24, 2.45) is 0 Å². The quantitative estimate of drug-likeness (QED) is 0.665. The number of nitrogens with zero attached hydrogens (tertiary/aromatic N) is 1. The summed E-state index contributed by atoms with van der Waals surface area (Å²) in [7, 11) is 1.48. The number of Topliss-reactive ketones (excluding diaryl/α,β-unsaturated/α-hetero) is 1. The number of hydrogen-bond donors (Lipinski definition) is 0. The van der Waals surface area contributed by atoms with E-state index in [-0.39, 0.29) is 24.8 Å². The molecule has 16 heavy (non-hydrogen) atoms. The third-order valence-corrected chi connectivity index (χ3v) is 3.35. The van der Waals surface area contributed by atoms with Gasteiger partial charge in [0.25, 0.3) is 0 Å². The highest BCUT2D eigenvalue weighted by Crippen LogP contribution is 2.33. The summed E-state index contributed by atoms with van der Waals surface area (Å²) in [4.78, 5) is 25.1. The first-order chi connectivity index (χ1) is 7.68. The summed E-state index contributed by atoms with van der Waals surface area (Å²) in [6, 6.07) is 0. The molecule has 2 fully saturated rings. The number of amides is 1. The number of carbonyl (C=O) groups is 2. The Morgan fingerprint density at radius 2 is 2.38 bits per heavy atom. The largest absolute Gasteiger partial charge is 0.375 e. The molecule has 5 heteroatoms. The number of ketones is 1. The number of methoxy groups -OCH3 is 1. The van der Waals surface area contributed by atoms with E-state index < -0.39 is 5.60 Å². The Balaban J connectivity index is 1.97. The number of ether oxygens (including phenoxy) is 2. The van der Waals surface area contributed by atoms with Crippen LogP contribution in [0.3, 0.4) is 0 Å². The van der Waals surface area contributed by atoms with Gasteiger partial charge in [0.05, 0.1) is 6.54 Å². The molecule has 0 unspecified atom stereocenters. The van der Waals surface area contributed by atoms with Crippen molar-refractivity contribution in [1.29, 1.82) is 0 Å². The van der Waals surface area contributed by atoms with Gasteiger partial charge in [-0.2, -0.15) is 0 Å². The molecule has 0 aromatic carbocycles. The lowest BCUT2D eigenvalue weighted by Crippen LogP contribution is -2.54. The summed E-state index contributed by atoms with van der Waals surface area (Å²) in [5, 5.41) is 0. The predicted molar refractivity (Wildman–Crippen MR) is 56.0 cm³/mol. The number of likely N-dealkylation sites (tertiary alicyclic amines) is 1. The number of hydrogen-bond acceptors (Lipinski definition) is 4. The maximum Gasteiger partial charge on any atom is 0.248 e. The van der Waals surface area contributed by atoms with Crippen LogP contribution in [0.2, 0.25) is 0 Å². The summed E-state index contributed by atoms with van der Waals surface area (Å²) in [6.45, 7) is 1.47. The van der Waals surface area contributed by atoms with Gasteiger partial charge in [0.1, 0.15) is 12.2 Å². The van der Waals surface area contributed by atoms with Crippen molar-refractivity contribution in [3.8, 4) is 0 Å². The lowest BCUT2D eigenvalue weighted by Gasteiger charge is -2.36. The minimum absolute atomic E-state index is 0.0423. The fourth-order valence-corrected chi connectivity index (χ4v) is 2.39.